The smallest absolute Gasteiger partial charge is 0.228 e. The van der Waals surface area contributed by atoms with Crippen LogP contribution in [-0.4, -0.2) is 29.8 Å². The zero-order valence-electron chi connectivity index (χ0n) is 19.5. The van der Waals surface area contributed by atoms with Crippen LogP contribution in [0.3, 0.4) is 0 Å². The van der Waals surface area contributed by atoms with Gasteiger partial charge in [-0.3, -0.25) is 9.59 Å². The van der Waals surface area contributed by atoms with Crippen molar-refractivity contribution in [3.8, 4) is 0 Å². The van der Waals surface area contributed by atoms with Gasteiger partial charge >= 0.3 is 0 Å². The van der Waals surface area contributed by atoms with Crippen LogP contribution in [0.4, 0.5) is 5.69 Å². The molecular formula is C27H37N3O2. The summed E-state index contributed by atoms with van der Waals surface area (Å²) in [6, 6.07) is 17.5. The SMILES string of the molecule is CC(C)(CN)CN(Cc1ccc(NC(=O)Cc2ccccc2)cc1)C(=O)C1CCCCC1. The number of nitrogens with two attached hydrogens (primary N) is 1. The standard InChI is InChI=1S/C27H37N3O2/c1-27(2,19-28)20-30(26(32)23-11-7-4-8-12-23)18-22-13-15-24(16-14-22)29-25(31)17-21-9-5-3-6-10-21/h3,5-6,9-10,13-16,23H,4,7-8,11-12,17-20,28H2,1-2H3,(H,29,31). The van der Waals surface area contributed by atoms with Crippen molar-refractivity contribution in [3.63, 3.8) is 0 Å². The summed E-state index contributed by atoms with van der Waals surface area (Å²) >= 11 is 0. The van der Waals surface area contributed by atoms with Crippen LogP contribution >= 0.6 is 0 Å². The highest BCUT2D eigenvalue weighted by atomic mass is 16.2. The molecule has 1 aliphatic rings. The molecule has 32 heavy (non-hydrogen) atoms. The summed E-state index contributed by atoms with van der Waals surface area (Å²) in [5, 5.41) is 2.96. The molecule has 0 saturated heterocycles. The Morgan fingerprint density at radius 1 is 0.969 bits per heavy atom. The van der Waals surface area contributed by atoms with E-state index in [1.165, 1.54) is 6.42 Å². The highest BCUT2D eigenvalue weighted by Gasteiger charge is 2.29. The van der Waals surface area contributed by atoms with Gasteiger partial charge in [-0.05, 0) is 48.1 Å². The Labute approximate surface area is 192 Å². The molecule has 0 spiro atoms. The van der Waals surface area contributed by atoms with E-state index in [9.17, 15) is 9.59 Å². The molecule has 1 aliphatic carbocycles. The first-order chi connectivity index (χ1) is 15.4. The Bertz CT molecular complexity index is 872. The number of nitrogens with zero attached hydrogens (tertiary/aromatic N) is 1. The van der Waals surface area contributed by atoms with Gasteiger partial charge in [-0.2, -0.15) is 0 Å². The Hall–Kier alpha value is -2.66. The summed E-state index contributed by atoms with van der Waals surface area (Å²) < 4.78 is 0. The fourth-order valence-electron chi connectivity index (χ4n) is 4.30. The van der Waals surface area contributed by atoms with Crippen molar-refractivity contribution in [3.05, 3.63) is 65.7 Å². The lowest BCUT2D eigenvalue weighted by molar-refractivity contribution is -0.138. The first kappa shape index (κ1) is 24.0. The van der Waals surface area contributed by atoms with Gasteiger partial charge in [-0.25, -0.2) is 0 Å². The number of carbonyl (C=O) groups excluding carboxylic acids is 2. The summed E-state index contributed by atoms with van der Waals surface area (Å²) in [6.07, 6.45) is 5.84. The highest BCUT2D eigenvalue weighted by Crippen LogP contribution is 2.28. The van der Waals surface area contributed by atoms with Crippen LogP contribution in [0.25, 0.3) is 0 Å². The van der Waals surface area contributed by atoms with Crippen LogP contribution in [0.2, 0.25) is 0 Å². The lowest BCUT2D eigenvalue weighted by Gasteiger charge is -2.35. The van der Waals surface area contributed by atoms with E-state index in [2.05, 4.69) is 19.2 Å². The van der Waals surface area contributed by atoms with Crippen LogP contribution in [0.1, 0.15) is 57.1 Å². The molecule has 0 atom stereocenters. The fraction of sp³-hybridized carbons (Fsp3) is 0.481. The van der Waals surface area contributed by atoms with E-state index in [4.69, 9.17) is 5.73 Å². The van der Waals surface area contributed by atoms with Crippen molar-refractivity contribution in [2.75, 3.05) is 18.4 Å². The minimum absolute atomic E-state index is 0.0391. The van der Waals surface area contributed by atoms with Crippen LogP contribution in [0, 0.1) is 11.3 Å². The Morgan fingerprint density at radius 3 is 2.25 bits per heavy atom. The van der Waals surface area contributed by atoms with Crippen molar-refractivity contribution < 1.29 is 9.59 Å². The maximum absolute atomic E-state index is 13.3. The predicted molar refractivity (Wildman–Crippen MR) is 130 cm³/mol. The quantitative estimate of drug-likeness (QED) is 0.596. The Morgan fingerprint density at radius 2 is 1.62 bits per heavy atom. The minimum Gasteiger partial charge on any atom is -0.338 e. The van der Waals surface area contributed by atoms with Gasteiger partial charge in [0.1, 0.15) is 0 Å². The molecule has 3 N–H and O–H groups in total. The molecule has 0 unspecified atom stereocenters. The maximum Gasteiger partial charge on any atom is 0.228 e. The number of benzene rings is 2. The van der Waals surface area contributed by atoms with Gasteiger partial charge < -0.3 is 16.0 Å². The number of rotatable bonds is 9. The van der Waals surface area contributed by atoms with E-state index in [0.717, 1.165) is 42.5 Å². The number of nitrogens with one attached hydrogen (secondary N) is 1. The Balaban J connectivity index is 1.63. The molecule has 1 fully saturated rings. The van der Waals surface area contributed by atoms with Crippen LogP contribution in [0.15, 0.2) is 54.6 Å². The monoisotopic (exact) mass is 435 g/mol. The zero-order valence-corrected chi connectivity index (χ0v) is 19.5. The minimum atomic E-state index is -0.129. The highest BCUT2D eigenvalue weighted by molar-refractivity contribution is 5.92. The van der Waals surface area contributed by atoms with E-state index in [0.29, 0.717) is 26.1 Å². The maximum atomic E-state index is 13.3. The first-order valence-corrected chi connectivity index (χ1v) is 11.8. The van der Waals surface area contributed by atoms with Gasteiger partial charge in [0.25, 0.3) is 0 Å². The van der Waals surface area contributed by atoms with Crippen molar-refractivity contribution in [1.29, 1.82) is 0 Å². The summed E-state index contributed by atoms with van der Waals surface area (Å²) in [5.74, 6) is 0.350. The van der Waals surface area contributed by atoms with E-state index < -0.39 is 0 Å². The second-order valence-electron chi connectivity index (χ2n) is 9.81. The molecule has 5 heteroatoms. The van der Waals surface area contributed by atoms with E-state index in [1.807, 2.05) is 59.5 Å². The topological polar surface area (TPSA) is 75.4 Å². The Kier molecular flexibility index (Phi) is 8.46. The molecule has 5 nitrogen and oxygen atoms in total. The molecule has 0 aliphatic heterocycles. The summed E-state index contributed by atoms with van der Waals surface area (Å²) in [4.78, 5) is 27.6. The third-order valence-electron chi connectivity index (χ3n) is 6.26. The molecule has 2 aromatic rings. The van der Waals surface area contributed by atoms with Crippen molar-refractivity contribution in [2.45, 2.75) is 58.9 Å². The van der Waals surface area contributed by atoms with Gasteiger partial charge in [-0.15, -0.1) is 0 Å². The molecular weight excluding hydrogens is 398 g/mol. The average molecular weight is 436 g/mol. The number of anilines is 1. The van der Waals surface area contributed by atoms with E-state index in [1.54, 1.807) is 0 Å². The molecule has 2 aromatic carbocycles. The molecule has 3 rings (SSSR count). The van der Waals surface area contributed by atoms with Crippen molar-refractivity contribution in [1.82, 2.24) is 4.90 Å². The van der Waals surface area contributed by atoms with E-state index >= 15 is 0 Å². The van der Waals surface area contributed by atoms with Gasteiger partial charge in [0.2, 0.25) is 11.8 Å². The van der Waals surface area contributed by atoms with Crippen LogP contribution in [-0.2, 0) is 22.6 Å². The molecule has 0 heterocycles. The van der Waals surface area contributed by atoms with Crippen LogP contribution in [0.5, 0.6) is 0 Å². The first-order valence-electron chi connectivity index (χ1n) is 11.8. The second kappa shape index (κ2) is 11.3. The van der Waals surface area contributed by atoms with Gasteiger partial charge in [0.15, 0.2) is 0 Å². The molecule has 0 bridgehead atoms. The van der Waals surface area contributed by atoms with Gasteiger partial charge in [-0.1, -0.05) is 75.6 Å². The fourth-order valence-corrected chi connectivity index (χ4v) is 4.30. The number of carbonyl (C=O) groups is 2. The summed E-state index contributed by atoms with van der Waals surface area (Å²) in [5.41, 5.74) is 8.65. The number of hydrogen-bond acceptors (Lipinski definition) is 3. The predicted octanol–water partition coefficient (Wildman–Crippen LogP) is 4.76. The molecule has 2 amide bonds. The average Bonchev–Trinajstić information content (AvgIpc) is 2.80. The largest absolute Gasteiger partial charge is 0.338 e. The zero-order chi connectivity index (χ0) is 23.0. The van der Waals surface area contributed by atoms with Crippen LogP contribution < -0.4 is 11.1 Å². The van der Waals surface area contributed by atoms with Crippen molar-refractivity contribution >= 4 is 17.5 Å². The second-order valence-corrected chi connectivity index (χ2v) is 9.81. The molecule has 0 radical (unpaired) electrons. The van der Waals surface area contributed by atoms with Gasteiger partial charge in [0, 0.05) is 24.7 Å². The molecule has 0 aromatic heterocycles. The van der Waals surface area contributed by atoms with Gasteiger partial charge in [0.05, 0.1) is 6.42 Å². The lowest BCUT2D eigenvalue weighted by atomic mass is 9.87. The third kappa shape index (κ3) is 7.20. The summed E-state index contributed by atoms with van der Waals surface area (Å²) in [7, 11) is 0. The third-order valence-corrected chi connectivity index (χ3v) is 6.26. The van der Waals surface area contributed by atoms with E-state index in [-0.39, 0.29) is 23.1 Å². The lowest BCUT2D eigenvalue weighted by Crippen LogP contribution is -2.44. The number of hydrogen-bond donors (Lipinski definition) is 2. The number of amides is 2. The summed E-state index contributed by atoms with van der Waals surface area (Å²) in [6.45, 7) is 5.97. The van der Waals surface area contributed by atoms with Crippen molar-refractivity contribution in [2.24, 2.45) is 17.1 Å². The normalized spacial score (nSPS) is 14.7. The molecule has 172 valence electrons. The molecule has 1 saturated carbocycles.